The number of para-hydroxylation sites is 1. The molecular formula is C21H22N4O2. The molecule has 0 aliphatic rings. The van der Waals surface area contributed by atoms with Crippen LogP contribution in [0.25, 0.3) is 0 Å². The molecule has 0 saturated heterocycles. The number of rotatable bonds is 6. The summed E-state index contributed by atoms with van der Waals surface area (Å²) < 4.78 is 5.16. The number of amides is 1. The van der Waals surface area contributed by atoms with Gasteiger partial charge in [0.05, 0.1) is 7.11 Å². The second-order valence-electron chi connectivity index (χ2n) is 6.00. The van der Waals surface area contributed by atoms with E-state index in [1.165, 1.54) is 0 Å². The summed E-state index contributed by atoms with van der Waals surface area (Å²) >= 11 is 0. The summed E-state index contributed by atoms with van der Waals surface area (Å²) in [6, 6.07) is 16.9. The Balaban J connectivity index is 1.80. The Kier molecular flexibility index (Phi) is 5.66. The van der Waals surface area contributed by atoms with Gasteiger partial charge in [0.1, 0.15) is 23.1 Å². The van der Waals surface area contributed by atoms with Gasteiger partial charge in [-0.15, -0.1) is 0 Å². The third-order valence-corrected chi connectivity index (χ3v) is 4.08. The van der Waals surface area contributed by atoms with Gasteiger partial charge in [0.25, 0.3) is 5.91 Å². The van der Waals surface area contributed by atoms with Crippen LogP contribution in [0.4, 0.5) is 17.2 Å². The van der Waals surface area contributed by atoms with Crippen LogP contribution in [0, 0.1) is 6.92 Å². The van der Waals surface area contributed by atoms with Crippen LogP contribution in [0.15, 0.2) is 54.6 Å². The highest BCUT2D eigenvalue weighted by atomic mass is 16.5. The molecule has 6 nitrogen and oxygen atoms in total. The van der Waals surface area contributed by atoms with Crippen molar-refractivity contribution in [3.63, 3.8) is 0 Å². The summed E-state index contributed by atoms with van der Waals surface area (Å²) in [5, 5.41) is 6.13. The highest BCUT2D eigenvalue weighted by molar-refractivity contribution is 6.03. The normalized spacial score (nSPS) is 10.3. The number of nitrogens with zero attached hydrogens (tertiary/aromatic N) is 2. The monoisotopic (exact) mass is 362 g/mol. The molecule has 0 saturated carbocycles. The van der Waals surface area contributed by atoms with Crippen LogP contribution in [0.3, 0.4) is 0 Å². The SMILES string of the molecule is CCc1ccccc1NC(=O)c1cc(Nc2ccc(OC)cc2)nc(C)n1. The smallest absolute Gasteiger partial charge is 0.274 e. The molecule has 2 N–H and O–H groups in total. The summed E-state index contributed by atoms with van der Waals surface area (Å²) in [5.74, 6) is 1.58. The van der Waals surface area contributed by atoms with Crippen LogP contribution < -0.4 is 15.4 Å². The third-order valence-electron chi connectivity index (χ3n) is 4.08. The lowest BCUT2D eigenvalue weighted by Crippen LogP contribution is -2.16. The minimum Gasteiger partial charge on any atom is -0.497 e. The van der Waals surface area contributed by atoms with Crippen molar-refractivity contribution in [2.24, 2.45) is 0 Å². The highest BCUT2D eigenvalue weighted by Gasteiger charge is 2.12. The van der Waals surface area contributed by atoms with E-state index in [1.54, 1.807) is 20.1 Å². The van der Waals surface area contributed by atoms with Gasteiger partial charge < -0.3 is 15.4 Å². The molecule has 1 aromatic heterocycles. The van der Waals surface area contributed by atoms with E-state index in [9.17, 15) is 4.79 Å². The summed E-state index contributed by atoms with van der Waals surface area (Å²) in [6.45, 7) is 3.81. The van der Waals surface area contributed by atoms with Crippen molar-refractivity contribution in [3.05, 3.63) is 71.7 Å². The maximum Gasteiger partial charge on any atom is 0.274 e. The number of hydrogen-bond donors (Lipinski definition) is 2. The van der Waals surface area contributed by atoms with Crippen molar-refractivity contribution in [3.8, 4) is 5.75 Å². The van der Waals surface area contributed by atoms with E-state index in [-0.39, 0.29) is 5.91 Å². The standard InChI is InChI=1S/C21H22N4O2/c1-4-15-7-5-6-8-18(15)25-21(26)19-13-20(23-14(2)22-19)24-16-9-11-17(27-3)12-10-16/h5-13H,4H2,1-3H3,(H,25,26)(H,22,23,24). The van der Waals surface area contributed by atoms with Gasteiger partial charge in [-0.2, -0.15) is 0 Å². The number of ether oxygens (including phenoxy) is 1. The fourth-order valence-corrected chi connectivity index (χ4v) is 2.71. The minimum absolute atomic E-state index is 0.265. The lowest BCUT2D eigenvalue weighted by Gasteiger charge is -2.11. The molecule has 0 bridgehead atoms. The first-order valence-electron chi connectivity index (χ1n) is 8.75. The van der Waals surface area contributed by atoms with Gasteiger partial charge in [-0.05, 0) is 49.2 Å². The van der Waals surface area contributed by atoms with Gasteiger partial charge in [0.15, 0.2) is 0 Å². The van der Waals surface area contributed by atoms with Gasteiger partial charge in [0, 0.05) is 17.4 Å². The number of hydrogen-bond acceptors (Lipinski definition) is 5. The van der Waals surface area contributed by atoms with Crippen molar-refractivity contribution in [1.82, 2.24) is 9.97 Å². The zero-order valence-corrected chi connectivity index (χ0v) is 15.6. The predicted molar refractivity (Wildman–Crippen MR) is 107 cm³/mol. The molecule has 3 aromatic rings. The van der Waals surface area contributed by atoms with Crippen molar-refractivity contribution in [2.75, 3.05) is 17.7 Å². The molecule has 0 fully saturated rings. The van der Waals surface area contributed by atoms with Gasteiger partial charge in [-0.3, -0.25) is 4.79 Å². The van der Waals surface area contributed by atoms with Crippen molar-refractivity contribution in [2.45, 2.75) is 20.3 Å². The van der Waals surface area contributed by atoms with Crippen molar-refractivity contribution in [1.29, 1.82) is 0 Å². The summed E-state index contributed by atoms with van der Waals surface area (Å²) in [6.07, 6.45) is 0.837. The number of aryl methyl sites for hydroxylation is 2. The largest absolute Gasteiger partial charge is 0.497 e. The molecule has 0 radical (unpaired) electrons. The number of nitrogens with one attached hydrogen (secondary N) is 2. The Morgan fingerprint density at radius 1 is 1.07 bits per heavy atom. The van der Waals surface area contributed by atoms with Crippen LogP contribution in [0.2, 0.25) is 0 Å². The molecule has 6 heteroatoms. The molecule has 3 rings (SSSR count). The first-order valence-corrected chi connectivity index (χ1v) is 8.75. The topological polar surface area (TPSA) is 76.1 Å². The Labute approximate surface area is 158 Å². The highest BCUT2D eigenvalue weighted by Crippen LogP contribution is 2.20. The average molecular weight is 362 g/mol. The second kappa shape index (κ2) is 8.31. The molecule has 1 amide bonds. The van der Waals surface area contributed by atoms with E-state index in [4.69, 9.17) is 4.74 Å². The molecule has 0 spiro atoms. The Morgan fingerprint density at radius 3 is 2.52 bits per heavy atom. The maximum atomic E-state index is 12.7. The molecule has 2 aromatic carbocycles. The second-order valence-corrected chi connectivity index (χ2v) is 6.00. The van der Waals surface area contributed by atoms with Gasteiger partial charge in [-0.1, -0.05) is 25.1 Å². The molecular weight excluding hydrogens is 340 g/mol. The van der Waals surface area contributed by atoms with E-state index in [0.29, 0.717) is 17.3 Å². The van der Waals surface area contributed by atoms with Gasteiger partial charge >= 0.3 is 0 Å². The van der Waals surface area contributed by atoms with E-state index in [0.717, 1.165) is 29.1 Å². The average Bonchev–Trinajstić information content (AvgIpc) is 2.68. The van der Waals surface area contributed by atoms with Crippen LogP contribution in [-0.4, -0.2) is 23.0 Å². The van der Waals surface area contributed by atoms with E-state index in [1.807, 2.05) is 48.5 Å². The van der Waals surface area contributed by atoms with Crippen LogP contribution in [0.1, 0.15) is 28.8 Å². The molecule has 0 unspecified atom stereocenters. The first kappa shape index (κ1) is 18.4. The predicted octanol–water partition coefficient (Wildman–Crippen LogP) is 4.35. The summed E-state index contributed by atoms with van der Waals surface area (Å²) in [5.41, 5.74) is 3.03. The number of anilines is 3. The first-order chi connectivity index (χ1) is 13.1. The minimum atomic E-state index is -0.265. The fraction of sp³-hybridized carbons (Fsp3) is 0.190. The molecule has 27 heavy (non-hydrogen) atoms. The van der Waals surface area contributed by atoms with Crippen molar-refractivity contribution < 1.29 is 9.53 Å². The molecule has 0 aliphatic heterocycles. The number of aromatic nitrogens is 2. The van der Waals surface area contributed by atoms with E-state index < -0.39 is 0 Å². The quantitative estimate of drug-likeness (QED) is 0.682. The lowest BCUT2D eigenvalue weighted by molar-refractivity contribution is 0.102. The number of benzene rings is 2. The number of carbonyl (C=O) groups is 1. The number of methoxy groups -OCH3 is 1. The fourth-order valence-electron chi connectivity index (χ4n) is 2.71. The van der Waals surface area contributed by atoms with Crippen LogP contribution >= 0.6 is 0 Å². The Bertz CT molecular complexity index is 939. The van der Waals surface area contributed by atoms with Crippen LogP contribution in [-0.2, 0) is 6.42 Å². The van der Waals surface area contributed by atoms with E-state index in [2.05, 4.69) is 27.5 Å². The maximum absolute atomic E-state index is 12.7. The Hall–Kier alpha value is -3.41. The lowest BCUT2D eigenvalue weighted by atomic mass is 10.1. The molecule has 0 aliphatic carbocycles. The van der Waals surface area contributed by atoms with E-state index >= 15 is 0 Å². The summed E-state index contributed by atoms with van der Waals surface area (Å²) in [4.78, 5) is 21.3. The molecule has 0 atom stereocenters. The van der Waals surface area contributed by atoms with Crippen LogP contribution in [0.5, 0.6) is 5.75 Å². The zero-order chi connectivity index (χ0) is 19.2. The van der Waals surface area contributed by atoms with Gasteiger partial charge in [-0.25, -0.2) is 9.97 Å². The number of carbonyl (C=O) groups excluding carboxylic acids is 1. The molecule has 1 heterocycles. The van der Waals surface area contributed by atoms with Gasteiger partial charge in [0.2, 0.25) is 0 Å². The van der Waals surface area contributed by atoms with Crippen molar-refractivity contribution >= 4 is 23.1 Å². The molecule has 138 valence electrons. The summed E-state index contributed by atoms with van der Waals surface area (Å²) in [7, 11) is 1.62. The third kappa shape index (κ3) is 4.61. The Morgan fingerprint density at radius 2 is 1.81 bits per heavy atom. The zero-order valence-electron chi connectivity index (χ0n) is 15.6.